The fourth-order valence-electron chi connectivity index (χ4n) is 5.78. The lowest BCUT2D eigenvalue weighted by atomic mass is 10.1. The first-order chi connectivity index (χ1) is 22.2. The van der Waals surface area contributed by atoms with E-state index < -0.39 is 12.9 Å². The van der Waals surface area contributed by atoms with Crippen molar-refractivity contribution in [3.05, 3.63) is 157 Å². The number of hydrogen-bond donors (Lipinski definition) is 1. The third kappa shape index (κ3) is 5.83. The molecule has 6 aromatic rings. The summed E-state index contributed by atoms with van der Waals surface area (Å²) in [6, 6.07) is 49.3. The summed E-state index contributed by atoms with van der Waals surface area (Å²) >= 11 is 0. The molecule has 5 aromatic carbocycles. The average Bonchev–Trinajstić information content (AvgIpc) is 3.60. The summed E-state index contributed by atoms with van der Waals surface area (Å²) in [5.41, 5.74) is 1.67. The molecule has 1 N–H and O–H groups in total. The number of nitrogens with zero attached hydrogens (tertiary/aromatic N) is 4. The van der Waals surface area contributed by atoms with Crippen molar-refractivity contribution in [1.29, 1.82) is 0 Å². The van der Waals surface area contributed by atoms with Gasteiger partial charge in [-0.15, -0.1) is 15.0 Å². The van der Waals surface area contributed by atoms with E-state index in [-0.39, 0.29) is 12.6 Å². The largest absolute Gasteiger partial charge is 0.497 e. The first kappa shape index (κ1) is 29.8. The summed E-state index contributed by atoms with van der Waals surface area (Å²) in [5, 5.41) is 29.1. The number of aliphatic hydroxyl groups excluding tert-OH is 1. The molecule has 1 heterocycles. The van der Waals surface area contributed by atoms with E-state index in [1.54, 1.807) is 7.11 Å². The summed E-state index contributed by atoms with van der Waals surface area (Å²) in [7, 11) is -1.07. The van der Waals surface area contributed by atoms with E-state index in [0.29, 0.717) is 11.5 Å². The van der Waals surface area contributed by atoms with Crippen molar-refractivity contribution >= 4 is 28.9 Å². The maximum absolute atomic E-state index is 11.9. The van der Waals surface area contributed by atoms with Gasteiger partial charge < -0.3 is 14.6 Å². The van der Waals surface area contributed by atoms with E-state index in [1.807, 2.05) is 67.6 Å². The van der Waals surface area contributed by atoms with Crippen molar-refractivity contribution < 1.29 is 14.6 Å². The minimum absolute atomic E-state index is 0.253. The molecule has 6 rings (SSSR count). The van der Waals surface area contributed by atoms with Crippen LogP contribution in [0.1, 0.15) is 18.1 Å². The Morgan fingerprint density at radius 1 is 0.711 bits per heavy atom. The van der Waals surface area contributed by atoms with Crippen LogP contribution >= 0.6 is 7.26 Å². The molecule has 0 radical (unpaired) electrons. The topological polar surface area (TPSA) is 82.3 Å². The zero-order valence-electron chi connectivity index (χ0n) is 25.1. The van der Waals surface area contributed by atoms with Gasteiger partial charge in [0.25, 0.3) is 0 Å². The highest BCUT2D eigenvalue weighted by molar-refractivity contribution is 7.96. The van der Waals surface area contributed by atoms with Gasteiger partial charge in [-0.2, -0.15) is 0 Å². The van der Waals surface area contributed by atoms with Crippen LogP contribution in [0.25, 0.3) is 17.1 Å². The molecule has 0 amide bonds. The Morgan fingerprint density at radius 2 is 1.20 bits per heavy atom. The van der Waals surface area contributed by atoms with Gasteiger partial charge >= 0.3 is 5.95 Å². The number of rotatable bonds is 11. The standard InChI is InChI=1S/C37H33N4O3P/c1-3-44-37(42)34(41-39-36(38-40-41)29-24-26-30(43-2)27-25-29)35(28-16-8-4-9-17-28)45(31-18-10-5-11-19-31,32-20-12-6-13-21-32)33-22-14-7-15-23-33/h4-27,35H,3H2,1-2H3/p+1/b37-34-. The number of benzene rings is 5. The van der Waals surface area contributed by atoms with Gasteiger partial charge in [0.15, 0.2) is 11.4 Å². The van der Waals surface area contributed by atoms with Crippen LogP contribution in [0.4, 0.5) is 0 Å². The maximum Gasteiger partial charge on any atom is 0.305 e. The molecule has 45 heavy (non-hydrogen) atoms. The van der Waals surface area contributed by atoms with Crippen LogP contribution < -0.4 is 20.7 Å². The van der Waals surface area contributed by atoms with Crippen LogP contribution in [0, 0.1) is 0 Å². The highest BCUT2D eigenvalue weighted by atomic mass is 31.2. The van der Waals surface area contributed by atoms with Gasteiger partial charge in [-0.25, -0.2) is 0 Å². The van der Waals surface area contributed by atoms with Crippen molar-refractivity contribution in [1.82, 2.24) is 20.2 Å². The molecule has 7 nitrogen and oxygen atoms in total. The van der Waals surface area contributed by atoms with Crippen LogP contribution in [-0.4, -0.2) is 39.0 Å². The number of allylic oxidation sites excluding steroid dienone is 1. The van der Waals surface area contributed by atoms with Crippen LogP contribution in [0.3, 0.4) is 0 Å². The number of methoxy groups -OCH3 is 1. The third-order valence-electron chi connectivity index (χ3n) is 7.73. The molecule has 0 aliphatic rings. The minimum atomic E-state index is -2.70. The first-order valence-corrected chi connectivity index (χ1v) is 16.6. The molecule has 1 atom stereocenters. The molecule has 0 aliphatic carbocycles. The average molecular weight is 614 g/mol. The SMILES string of the molecule is CCO/C(O)=C(/C(c1ccccc1)[P+](c1ccccc1)(c1ccccc1)c1ccccc1)n1nnc(-c2ccc(OC)cc2)n1. The number of tetrazole rings is 1. The summed E-state index contributed by atoms with van der Waals surface area (Å²) in [5.74, 6) is 0.888. The monoisotopic (exact) mass is 613 g/mol. The molecule has 1 aromatic heterocycles. The molecule has 0 saturated heterocycles. The summed E-state index contributed by atoms with van der Waals surface area (Å²) in [4.78, 5) is 1.44. The van der Waals surface area contributed by atoms with Crippen molar-refractivity contribution in [2.75, 3.05) is 13.7 Å². The Kier molecular flexibility index (Phi) is 8.99. The Bertz CT molecular complexity index is 1750. The smallest absolute Gasteiger partial charge is 0.305 e. The van der Waals surface area contributed by atoms with E-state index in [9.17, 15) is 5.11 Å². The highest BCUT2D eigenvalue weighted by Crippen LogP contribution is 2.70. The first-order valence-electron chi connectivity index (χ1n) is 14.8. The quantitative estimate of drug-likeness (QED) is 0.128. The second-order valence-corrected chi connectivity index (χ2v) is 13.8. The van der Waals surface area contributed by atoms with E-state index in [2.05, 4.69) is 95.2 Å². The lowest BCUT2D eigenvalue weighted by Gasteiger charge is -2.35. The Balaban J connectivity index is 1.70. The van der Waals surface area contributed by atoms with Gasteiger partial charge in [0.2, 0.25) is 5.82 Å². The van der Waals surface area contributed by atoms with Crippen molar-refractivity contribution in [2.45, 2.75) is 12.6 Å². The van der Waals surface area contributed by atoms with Gasteiger partial charge in [-0.1, -0.05) is 84.9 Å². The third-order valence-corrected chi connectivity index (χ3v) is 12.4. The number of hydrogen-bond acceptors (Lipinski definition) is 6. The molecule has 0 fully saturated rings. The fourth-order valence-corrected chi connectivity index (χ4v) is 10.7. The second kappa shape index (κ2) is 13.6. The molecule has 0 saturated carbocycles. The van der Waals surface area contributed by atoms with Gasteiger partial charge in [-0.3, -0.25) is 0 Å². The van der Waals surface area contributed by atoms with Crippen molar-refractivity contribution in [3.8, 4) is 17.1 Å². The molecular formula is C37H34N4O3P+. The lowest BCUT2D eigenvalue weighted by Crippen LogP contribution is -2.37. The number of aromatic nitrogens is 4. The van der Waals surface area contributed by atoms with Gasteiger partial charge in [0.05, 0.1) is 13.7 Å². The molecule has 0 spiro atoms. The Labute approximate surface area is 263 Å². The maximum atomic E-state index is 11.9. The molecule has 0 bridgehead atoms. The molecule has 0 aliphatic heterocycles. The van der Waals surface area contributed by atoms with Crippen molar-refractivity contribution in [2.24, 2.45) is 0 Å². The van der Waals surface area contributed by atoms with Crippen LogP contribution in [0.2, 0.25) is 0 Å². The molecule has 8 heteroatoms. The zero-order valence-corrected chi connectivity index (χ0v) is 26.0. The van der Waals surface area contributed by atoms with E-state index >= 15 is 0 Å². The van der Waals surface area contributed by atoms with Gasteiger partial charge in [0.1, 0.15) is 28.9 Å². The highest BCUT2D eigenvalue weighted by Gasteiger charge is 2.57. The van der Waals surface area contributed by atoms with Crippen LogP contribution in [0.5, 0.6) is 5.75 Å². The number of ether oxygens (including phenoxy) is 2. The van der Waals surface area contributed by atoms with E-state index in [0.717, 1.165) is 32.8 Å². The van der Waals surface area contributed by atoms with E-state index in [4.69, 9.17) is 14.6 Å². The molecule has 224 valence electrons. The summed E-state index contributed by atoms with van der Waals surface area (Å²) in [6.45, 7) is 2.10. The normalized spacial score (nSPS) is 12.7. The zero-order chi connectivity index (χ0) is 31.1. The van der Waals surface area contributed by atoms with Gasteiger partial charge in [0, 0.05) is 5.56 Å². The summed E-state index contributed by atoms with van der Waals surface area (Å²) < 4.78 is 11.3. The minimum Gasteiger partial charge on any atom is -0.497 e. The van der Waals surface area contributed by atoms with Crippen LogP contribution in [0.15, 0.2) is 152 Å². The summed E-state index contributed by atoms with van der Waals surface area (Å²) in [6.07, 6.45) is 0. The fraction of sp³-hybridized carbons (Fsp3) is 0.108. The number of aliphatic hydroxyl groups is 1. The van der Waals surface area contributed by atoms with Crippen molar-refractivity contribution in [3.63, 3.8) is 0 Å². The van der Waals surface area contributed by atoms with Crippen LogP contribution in [-0.2, 0) is 4.74 Å². The lowest BCUT2D eigenvalue weighted by molar-refractivity contribution is 0.102. The predicted octanol–water partition coefficient (Wildman–Crippen LogP) is 6.80. The molecular weight excluding hydrogens is 579 g/mol. The predicted molar refractivity (Wildman–Crippen MR) is 182 cm³/mol. The Morgan fingerprint density at radius 3 is 1.67 bits per heavy atom. The van der Waals surface area contributed by atoms with Gasteiger partial charge in [-0.05, 0) is 78.4 Å². The molecule has 1 unspecified atom stereocenters. The Hall–Kier alpha value is -5.26. The second-order valence-electron chi connectivity index (χ2n) is 10.3. The van der Waals surface area contributed by atoms with E-state index in [1.165, 1.54) is 4.80 Å².